The molecule has 6 nitrogen and oxygen atoms in total. The molecule has 364 valence electrons. The fourth-order valence-corrected chi connectivity index (χ4v) is 6.93. The van der Waals surface area contributed by atoms with Crippen molar-refractivity contribution in [3.63, 3.8) is 0 Å². The normalized spacial score (nSPS) is 12.9. The summed E-state index contributed by atoms with van der Waals surface area (Å²) in [5, 5.41) is 0. The van der Waals surface area contributed by atoms with Gasteiger partial charge in [-0.25, -0.2) is 0 Å². The zero-order chi connectivity index (χ0) is 46.5. The number of carbonyl (C=O) groups excluding carboxylic acids is 3. The van der Waals surface area contributed by atoms with Crippen molar-refractivity contribution < 1.29 is 28.6 Å². The summed E-state index contributed by atoms with van der Waals surface area (Å²) in [4.78, 5) is 38.0. The third kappa shape index (κ3) is 49.3. The topological polar surface area (TPSA) is 78.9 Å². The van der Waals surface area contributed by atoms with E-state index in [9.17, 15) is 14.4 Å². The molecule has 0 bridgehead atoms. The van der Waals surface area contributed by atoms with E-state index in [4.69, 9.17) is 14.2 Å². The van der Waals surface area contributed by atoms with Gasteiger partial charge in [-0.1, -0.05) is 201 Å². The third-order valence-corrected chi connectivity index (χ3v) is 10.8. The molecule has 0 aliphatic heterocycles. The number of rotatable bonds is 46. The van der Waals surface area contributed by atoms with Crippen molar-refractivity contribution in [3.05, 3.63) is 97.2 Å². The summed E-state index contributed by atoms with van der Waals surface area (Å²) in [5.41, 5.74) is 0. The Morgan fingerprint density at radius 3 is 1.08 bits per heavy atom. The van der Waals surface area contributed by atoms with Crippen molar-refractivity contribution >= 4 is 17.9 Å². The van der Waals surface area contributed by atoms with E-state index in [0.717, 1.165) is 109 Å². The van der Waals surface area contributed by atoms with Crippen molar-refractivity contribution in [2.75, 3.05) is 13.2 Å². The standard InChI is InChI=1S/C58H96O6/c1-4-7-10-13-16-19-22-25-27-28-29-30-32-33-36-39-42-45-48-51-57(60)63-54-55(53-62-56(59)50-47-44-41-38-35-24-21-18-15-12-9-6-3)64-58(61)52-49-46-43-40-37-34-31-26-23-20-17-14-11-8-5-2/h7,9-10,12,16-21,23,25-27,35,38,55H,4-6,8,11,13-15,22,24,28-34,36-37,39-54H2,1-3H3/b10-7-,12-9-,19-16-,20-17-,21-18-,26-23-,27-25-,38-35-. The van der Waals surface area contributed by atoms with Crippen molar-refractivity contribution in [1.29, 1.82) is 0 Å². The Morgan fingerprint density at radius 1 is 0.344 bits per heavy atom. The molecule has 0 radical (unpaired) electrons. The van der Waals surface area contributed by atoms with Crippen LogP contribution in [0, 0.1) is 0 Å². The Hall–Kier alpha value is -3.67. The van der Waals surface area contributed by atoms with Crippen molar-refractivity contribution in [1.82, 2.24) is 0 Å². The van der Waals surface area contributed by atoms with Crippen molar-refractivity contribution in [2.45, 2.75) is 239 Å². The maximum absolute atomic E-state index is 12.8. The number of hydrogen-bond acceptors (Lipinski definition) is 6. The first kappa shape index (κ1) is 60.3. The number of ether oxygens (including phenoxy) is 3. The van der Waals surface area contributed by atoms with E-state index in [1.54, 1.807) is 0 Å². The monoisotopic (exact) mass is 889 g/mol. The van der Waals surface area contributed by atoms with Gasteiger partial charge >= 0.3 is 17.9 Å². The van der Waals surface area contributed by atoms with Gasteiger partial charge in [-0.05, 0) is 109 Å². The predicted octanol–water partition coefficient (Wildman–Crippen LogP) is 17.4. The Kier molecular flexibility index (Phi) is 49.0. The molecule has 0 N–H and O–H groups in total. The SMILES string of the molecule is CC/C=C\C/C=C\C/C=C\CCCCCCCCCCCC(=O)OCC(COC(=O)CCCC/C=C\C/C=C\C/C=C\CC)OC(=O)CCCCCCCC/C=C\C=C/CCCCC. The second kappa shape index (κ2) is 52.0. The number of carbonyl (C=O) groups is 3. The summed E-state index contributed by atoms with van der Waals surface area (Å²) in [7, 11) is 0. The highest BCUT2D eigenvalue weighted by Gasteiger charge is 2.19. The number of unbranched alkanes of at least 4 members (excludes halogenated alkanes) is 20. The maximum atomic E-state index is 12.8. The van der Waals surface area contributed by atoms with E-state index in [0.29, 0.717) is 19.3 Å². The molecule has 64 heavy (non-hydrogen) atoms. The largest absolute Gasteiger partial charge is 0.462 e. The highest BCUT2D eigenvalue weighted by atomic mass is 16.6. The van der Waals surface area contributed by atoms with E-state index < -0.39 is 6.10 Å². The zero-order valence-corrected chi connectivity index (χ0v) is 41.5. The van der Waals surface area contributed by atoms with Gasteiger partial charge in [0.1, 0.15) is 13.2 Å². The van der Waals surface area contributed by atoms with Crippen LogP contribution in [0.15, 0.2) is 97.2 Å². The summed E-state index contributed by atoms with van der Waals surface area (Å²) < 4.78 is 16.8. The molecule has 0 aromatic heterocycles. The molecular weight excluding hydrogens is 793 g/mol. The van der Waals surface area contributed by atoms with Crippen molar-refractivity contribution in [3.8, 4) is 0 Å². The fraction of sp³-hybridized carbons (Fsp3) is 0.672. The van der Waals surface area contributed by atoms with Gasteiger partial charge in [-0.15, -0.1) is 0 Å². The van der Waals surface area contributed by atoms with Crippen LogP contribution in [-0.4, -0.2) is 37.2 Å². The van der Waals surface area contributed by atoms with E-state index >= 15 is 0 Å². The molecule has 0 fully saturated rings. The van der Waals surface area contributed by atoms with E-state index in [2.05, 4.69) is 118 Å². The molecular formula is C58H96O6. The average molecular weight is 889 g/mol. The van der Waals surface area contributed by atoms with Gasteiger partial charge in [-0.3, -0.25) is 14.4 Å². The quantitative estimate of drug-likeness (QED) is 0.0199. The molecule has 0 aliphatic rings. The first-order valence-electron chi connectivity index (χ1n) is 26.3. The maximum Gasteiger partial charge on any atom is 0.306 e. The lowest BCUT2D eigenvalue weighted by molar-refractivity contribution is -0.167. The summed E-state index contributed by atoms with van der Waals surface area (Å²) in [6.07, 6.45) is 68.2. The molecule has 1 unspecified atom stereocenters. The molecule has 6 heteroatoms. The summed E-state index contributed by atoms with van der Waals surface area (Å²) in [5.74, 6) is -0.959. The van der Waals surface area contributed by atoms with Crippen LogP contribution < -0.4 is 0 Å². The number of hydrogen-bond donors (Lipinski definition) is 0. The van der Waals surface area contributed by atoms with Crippen LogP contribution in [0.25, 0.3) is 0 Å². The smallest absolute Gasteiger partial charge is 0.306 e. The fourth-order valence-electron chi connectivity index (χ4n) is 6.93. The lowest BCUT2D eigenvalue weighted by atomic mass is 10.1. The molecule has 0 rings (SSSR count). The number of esters is 3. The zero-order valence-electron chi connectivity index (χ0n) is 41.5. The molecule has 0 aromatic carbocycles. The molecule has 0 saturated heterocycles. The predicted molar refractivity (Wildman–Crippen MR) is 274 cm³/mol. The highest BCUT2D eigenvalue weighted by Crippen LogP contribution is 2.14. The van der Waals surface area contributed by atoms with Gasteiger partial charge in [0.15, 0.2) is 6.10 Å². The molecule has 0 aromatic rings. The van der Waals surface area contributed by atoms with Gasteiger partial charge in [0, 0.05) is 19.3 Å². The molecule has 0 aliphatic carbocycles. The van der Waals surface area contributed by atoms with Gasteiger partial charge in [0.25, 0.3) is 0 Å². The van der Waals surface area contributed by atoms with Crippen LogP contribution >= 0.6 is 0 Å². The van der Waals surface area contributed by atoms with Gasteiger partial charge in [0.05, 0.1) is 0 Å². The molecule has 0 amide bonds. The van der Waals surface area contributed by atoms with Crippen molar-refractivity contribution in [2.24, 2.45) is 0 Å². The summed E-state index contributed by atoms with van der Waals surface area (Å²) in [6, 6.07) is 0. The molecule has 0 heterocycles. The van der Waals surface area contributed by atoms with Crippen LogP contribution in [0.2, 0.25) is 0 Å². The Balaban J connectivity index is 4.42. The van der Waals surface area contributed by atoms with Gasteiger partial charge in [-0.2, -0.15) is 0 Å². The van der Waals surface area contributed by atoms with Crippen LogP contribution in [0.5, 0.6) is 0 Å². The first-order valence-corrected chi connectivity index (χ1v) is 26.3. The second-order valence-electron chi connectivity index (χ2n) is 17.0. The van der Waals surface area contributed by atoms with Crippen LogP contribution in [-0.2, 0) is 28.6 Å². The second-order valence-corrected chi connectivity index (χ2v) is 17.0. The Morgan fingerprint density at radius 2 is 0.656 bits per heavy atom. The molecule has 0 spiro atoms. The third-order valence-electron chi connectivity index (χ3n) is 10.8. The van der Waals surface area contributed by atoms with Crippen LogP contribution in [0.3, 0.4) is 0 Å². The van der Waals surface area contributed by atoms with Gasteiger partial charge in [0.2, 0.25) is 0 Å². The summed E-state index contributed by atoms with van der Waals surface area (Å²) in [6.45, 7) is 6.33. The minimum absolute atomic E-state index is 0.0984. The Labute approximate surface area is 394 Å². The lowest BCUT2D eigenvalue weighted by Crippen LogP contribution is -2.30. The highest BCUT2D eigenvalue weighted by molar-refractivity contribution is 5.71. The number of allylic oxidation sites excluding steroid dienone is 16. The lowest BCUT2D eigenvalue weighted by Gasteiger charge is -2.18. The van der Waals surface area contributed by atoms with E-state index in [1.165, 1.54) is 83.5 Å². The summed E-state index contributed by atoms with van der Waals surface area (Å²) >= 11 is 0. The van der Waals surface area contributed by atoms with E-state index in [-0.39, 0.29) is 31.1 Å². The van der Waals surface area contributed by atoms with Gasteiger partial charge < -0.3 is 14.2 Å². The minimum Gasteiger partial charge on any atom is -0.462 e. The van der Waals surface area contributed by atoms with E-state index in [1.807, 2.05) is 0 Å². The average Bonchev–Trinajstić information content (AvgIpc) is 3.29. The molecule has 1 atom stereocenters. The molecule has 0 saturated carbocycles. The minimum atomic E-state index is -0.802. The first-order chi connectivity index (χ1) is 31.5. The van der Waals surface area contributed by atoms with Crippen LogP contribution in [0.4, 0.5) is 0 Å². The Bertz CT molecular complexity index is 1300. The van der Waals surface area contributed by atoms with Crippen LogP contribution in [0.1, 0.15) is 233 Å².